The topological polar surface area (TPSA) is 47.6 Å². The van der Waals surface area contributed by atoms with Crippen molar-refractivity contribution >= 4 is 22.2 Å². The Balaban J connectivity index is 1.58. The minimum absolute atomic E-state index is 0.0954. The summed E-state index contributed by atoms with van der Waals surface area (Å²) in [6.45, 7) is 5.18. The first-order valence-electron chi connectivity index (χ1n) is 11.4. The molecule has 4 rings (SSSR count). The summed E-state index contributed by atoms with van der Waals surface area (Å²) in [6, 6.07) is 29.6. The van der Waals surface area contributed by atoms with E-state index in [1.807, 2.05) is 98.8 Å². The van der Waals surface area contributed by atoms with E-state index in [2.05, 4.69) is 11.4 Å². The molecule has 0 spiro atoms. The number of benzene rings is 4. The van der Waals surface area contributed by atoms with Gasteiger partial charge in [0.2, 0.25) is 0 Å². The van der Waals surface area contributed by atoms with Gasteiger partial charge < -0.3 is 14.8 Å². The van der Waals surface area contributed by atoms with Crippen LogP contribution in [0.1, 0.15) is 42.2 Å². The molecule has 0 aliphatic heterocycles. The smallest absolute Gasteiger partial charge is 0.165 e. The molecule has 0 heterocycles. The van der Waals surface area contributed by atoms with Gasteiger partial charge in [-0.1, -0.05) is 48.5 Å². The molecule has 0 aliphatic carbocycles. The predicted molar refractivity (Wildman–Crippen MR) is 134 cm³/mol. The maximum atomic E-state index is 13.3. The van der Waals surface area contributed by atoms with Crippen LogP contribution in [0.25, 0.3) is 10.8 Å². The van der Waals surface area contributed by atoms with E-state index in [1.165, 1.54) is 0 Å². The molecule has 4 nitrogen and oxygen atoms in total. The van der Waals surface area contributed by atoms with E-state index in [0.29, 0.717) is 19.6 Å². The number of nitrogens with one attached hydrogen (secondary N) is 1. The minimum atomic E-state index is -0.183. The molecule has 1 unspecified atom stereocenters. The van der Waals surface area contributed by atoms with Crippen LogP contribution in [0.4, 0.5) is 5.69 Å². The number of rotatable bonds is 10. The SMILES string of the molecule is CCOc1ccc(NC(CC(=O)c2ccc3ccccc3c2)c2ccc(OCC)cc2)cc1. The molecule has 0 aromatic heterocycles. The van der Waals surface area contributed by atoms with Gasteiger partial charge in [-0.25, -0.2) is 0 Å². The quantitative estimate of drug-likeness (QED) is 0.269. The summed E-state index contributed by atoms with van der Waals surface area (Å²) in [5.74, 6) is 1.74. The third-order valence-electron chi connectivity index (χ3n) is 5.56. The van der Waals surface area contributed by atoms with E-state index >= 15 is 0 Å². The largest absolute Gasteiger partial charge is 0.494 e. The molecule has 0 aliphatic rings. The Kier molecular flexibility index (Phi) is 7.26. The van der Waals surface area contributed by atoms with Gasteiger partial charge in [-0.2, -0.15) is 0 Å². The molecule has 1 N–H and O–H groups in total. The fraction of sp³-hybridized carbons (Fsp3) is 0.207. The zero-order valence-corrected chi connectivity index (χ0v) is 19.1. The molecule has 0 radical (unpaired) electrons. The number of carbonyl (C=O) groups excluding carboxylic acids is 1. The van der Waals surface area contributed by atoms with Gasteiger partial charge in [0.05, 0.1) is 19.3 Å². The summed E-state index contributed by atoms with van der Waals surface area (Å²) < 4.78 is 11.1. The van der Waals surface area contributed by atoms with Crippen LogP contribution in [-0.2, 0) is 0 Å². The van der Waals surface area contributed by atoms with Crippen molar-refractivity contribution in [1.82, 2.24) is 0 Å². The van der Waals surface area contributed by atoms with E-state index in [-0.39, 0.29) is 11.8 Å². The zero-order valence-electron chi connectivity index (χ0n) is 19.1. The van der Waals surface area contributed by atoms with Crippen molar-refractivity contribution < 1.29 is 14.3 Å². The fourth-order valence-corrected chi connectivity index (χ4v) is 3.90. The highest BCUT2D eigenvalue weighted by molar-refractivity contribution is 6.00. The number of ether oxygens (including phenoxy) is 2. The number of anilines is 1. The van der Waals surface area contributed by atoms with Crippen LogP contribution >= 0.6 is 0 Å². The van der Waals surface area contributed by atoms with Gasteiger partial charge in [0.1, 0.15) is 11.5 Å². The molecule has 4 heteroatoms. The Bertz CT molecular complexity index is 1200. The molecule has 168 valence electrons. The Morgan fingerprint density at radius 3 is 2.00 bits per heavy atom. The second-order valence-electron chi connectivity index (χ2n) is 7.85. The summed E-state index contributed by atoms with van der Waals surface area (Å²) >= 11 is 0. The highest BCUT2D eigenvalue weighted by Gasteiger charge is 2.18. The van der Waals surface area contributed by atoms with Crippen LogP contribution in [0.2, 0.25) is 0 Å². The van der Waals surface area contributed by atoms with Crippen molar-refractivity contribution in [2.45, 2.75) is 26.3 Å². The fourth-order valence-electron chi connectivity index (χ4n) is 3.90. The Hall–Kier alpha value is -3.79. The zero-order chi connectivity index (χ0) is 23.0. The lowest BCUT2D eigenvalue weighted by Crippen LogP contribution is -2.16. The van der Waals surface area contributed by atoms with Crippen LogP contribution < -0.4 is 14.8 Å². The van der Waals surface area contributed by atoms with Gasteiger partial charge in [0.25, 0.3) is 0 Å². The standard InChI is InChI=1S/C29H29NO3/c1-3-32-26-15-11-22(12-16-26)28(30-25-13-17-27(18-14-25)33-4-2)20-29(31)24-10-9-21-7-5-6-8-23(21)19-24/h5-19,28,30H,3-4,20H2,1-2H3. The van der Waals surface area contributed by atoms with Gasteiger partial charge in [0.15, 0.2) is 5.78 Å². The average Bonchev–Trinajstić information content (AvgIpc) is 2.85. The van der Waals surface area contributed by atoms with Crippen LogP contribution in [0.5, 0.6) is 11.5 Å². The van der Waals surface area contributed by atoms with Gasteiger partial charge in [-0.15, -0.1) is 0 Å². The van der Waals surface area contributed by atoms with Crippen molar-refractivity contribution in [2.75, 3.05) is 18.5 Å². The summed E-state index contributed by atoms with van der Waals surface area (Å²) in [4.78, 5) is 13.3. The summed E-state index contributed by atoms with van der Waals surface area (Å²) in [5, 5.41) is 5.74. The lowest BCUT2D eigenvalue weighted by molar-refractivity contribution is 0.0976. The monoisotopic (exact) mass is 439 g/mol. The van der Waals surface area contributed by atoms with Crippen LogP contribution in [0, 0.1) is 0 Å². The van der Waals surface area contributed by atoms with E-state index < -0.39 is 0 Å². The maximum Gasteiger partial charge on any atom is 0.165 e. The summed E-state index contributed by atoms with van der Waals surface area (Å²) in [5.41, 5.74) is 2.68. The number of hydrogen-bond donors (Lipinski definition) is 1. The van der Waals surface area contributed by atoms with Crippen molar-refractivity contribution in [3.63, 3.8) is 0 Å². The van der Waals surface area contributed by atoms with Gasteiger partial charge >= 0.3 is 0 Å². The third-order valence-corrected chi connectivity index (χ3v) is 5.56. The highest BCUT2D eigenvalue weighted by atomic mass is 16.5. The van der Waals surface area contributed by atoms with Gasteiger partial charge in [-0.05, 0) is 72.6 Å². The Morgan fingerprint density at radius 1 is 0.758 bits per heavy atom. The first kappa shape index (κ1) is 22.4. The highest BCUT2D eigenvalue weighted by Crippen LogP contribution is 2.28. The van der Waals surface area contributed by atoms with Gasteiger partial charge in [0, 0.05) is 17.7 Å². The normalized spacial score (nSPS) is 11.7. The molecule has 1 atom stereocenters. The van der Waals surface area contributed by atoms with Crippen LogP contribution in [0.15, 0.2) is 91.0 Å². The van der Waals surface area contributed by atoms with Crippen LogP contribution in [0.3, 0.4) is 0 Å². The second-order valence-corrected chi connectivity index (χ2v) is 7.85. The van der Waals surface area contributed by atoms with Crippen molar-refractivity contribution in [1.29, 1.82) is 0 Å². The lowest BCUT2D eigenvalue weighted by atomic mass is 9.96. The van der Waals surface area contributed by atoms with Crippen molar-refractivity contribution in [2.24, 2.45) is 0 Å². The molecule has 4 aromatic carbocycles. The number of Topliss-reactive ketones (excluding diaryl/α,β-unsaturated/α-hetero) is 1. The molecule has 4 aromatic rings. The molecule has 33 heavy (non-hydrogen) atoms. The molecule has 0 amide bonds. The summed E-state index contributed by atoms with van der Waals surface area (Å²) in [6.07, 6.45) is 0.333. The molecule has 0 saturated heterocycles. The van der Waals surface area contributed by atoms with Crippen LogP contribution in [-0.4, -0.2) is 19.0 Å². The molecule has 0 bridgehead atoms. The van der Waals surface area contributed by atoms with Crippen molar-refractivity contribution in [3.8, 4) is 11.5 Å². The Morgan fingerprint density at radius 2 is 1.36 bits per heavy atom. The molecule has 0 saturated carbocycles. The van der Waals surface area contributed by atoms with E-state index in [4.69, 9.17) is 9.47 Å². The number of ketones is 1. The van der Waals surface area contributed by atoms with E-state index in [0.717, 1.165) is 39.1 Å². The minimum Gasteiger partial charge on any atom is -0.494 e. The predicted octanol–water partition coefficient (Wildman–Crippen LogP) is 7.06. The third kappa shape index (κ3) is 5.72. The first-order valence-corrected chi connectivity index (χ1v) is 11.4. The Labute approximate surface area is 195 Å². The summed E-state index contributed by atoms with van der Waals surface area (Å²) in [7, 11) is 0. The number of fused-ring (bicyclic) bond motifs is 1. The first-order chi connectivity index (χ1) is 16.2. The maximum absolute atomic E-state index is 13.3. The van der Waals surface area contributed by atoms with Crippen molar-refractivity contribution in [3.05, 3.63) is 102 Å². The molecular formula is C29H29NO3. The van der Waals surface area contributed by atoms with Gasteiger partial charge in [-0.3, -0.25) is 4.79 Å². The lowest BCUT2D eigenvalue weighted by Gasteiger charge is -2.21. The van der Waals surface area contributed by atoms with E-state index in [1.54, 1.807) is 0 Å². The molecular weight excluding hydrogens is 410 g/mol. The number of hydrogen-bond acceptors (Lipinski definition) is 4. The van der Waals surface area contributed by atoms with E-state index in [9.17, 15) is 4.79 Å². The second kappa shape index (κ2) is 10.7. The average molecular weight is 440 g/mol. The molecule has 0 fully saturated rings. The number of carbonyl (C=O) groups is 1.